The van der Waals surface area contributed by atoms with Crippen LogP contribution >= 0.6 is 0 Å². The first kappa shape index (κ1) is 13.6. The number of hydrogen-bond acceptors (Lipinski definition) is 3. The van der Waals surface area contributed by atoms with Crippen molar-refractivity contribution in [2.45, 2.75) is 46.3 Å². The van der Waals surface area contributed by atoms with E-state index >= 15 is 0 Å². The van der Waals surface area contributed by atoms with Gasteiger partial charge < -0.3 is 14.8 Å². The van der Waals surface area contributed by atoms with Crippen molar-refractivity contribution >= 4 is 0 Å². The van der Waals surface area contributed by atoms with Crippen molar-refractivity contribution in [2.75, 3.05) is 19.6 Å². The Kier molecular flexibility index (Phi) is 4.78. The Labute approximate surface area is 110 Å². The van der Waals surface area contributed by atoms with Crippen LogP contribution in [-0.2, 0) is 13.1 Å². The fraction of sp³-hybridized carbons (Fsp3) is 0.786. The van der Waals surface area contributed by atoms with Crippen LogP contribution in [0.3, 0.4) is 0 Å². The maximum absolute atomic E-state index is 4.29. The summed E-state index contributed by atoms with van der Waals surface area (Å²) >= 11 is 0. The fourth-order valence-electron chi connectivity index (χ4n) is 2.60. The van der Waals surface area contributed by atoms with E-state index in [0.717, 1.165) is 19.0 Å². The van der Waals surface area contributed by atoms with Gasteiger partial charge in [0.1, 0.15) is 0 Å². The fourth-order valence-corrected chi connectivity index (χ4v) is 2.60. The minimum Gasteiger partial charge on any atom is -0.333 e. The molecule has 1 atom stereocenters. The molecule has 4 nitrogen and oxygen atoms in total. The smallest absolute Gasteiger partial charge is 0.0948 e. The number of imidazole rings is 1. The van der Waals surface area contributed by atoms with E-state index in [9.17, 15) is 0 Å². The van der Waals surface area contributed by atoms with Crippen molar-refractivity contribution in [3.8, 4) is 0 Å². The molecule has 0 spiro atoms. The molecular formula is C14H26N4. The van der Waals surface area contributed by atoms with Crippen LogP contribution in [0.5, 0.6) is 0 Å². The summed E-state index contributed by atoms with van der Waals surface area (Å²) in [5, 5.41) is 3.46. The third kappa shape index (κ3) is 3.56. The first-order valence-corrected chi connectivity index (χ1v) is 7.13. The van der Waals surface area contributed by atoms with Crippen LogP contribution in [0.15, 0.2) is 12.5 Å². The van der Waals surface area contributed by atoms with Gasteiger partial charge in [0.05, 0.1) is 12.0 Å². The normalized spacial score (nSPS) is 21.0. The molecular weight excluding hydrogens is 224 g/mol. The van der Waals surface area contributed by atoms with Gasteiger partial charge in [-0.15, -0.1) is 0 Å². The first-order chi connectivity index (χ1) is 8.69. The first-order valence-electron chi connectivity index (χ1n) is 7.13. The Bertz CT molecular complexity index is 358. The molecule has 4 heteroatoms. The van der Waals surface area contributed by atoms with Gasteiger partial charge in [-0.25, -0.2) is 4.98 Å². The van der Waals surface area contributed by atoms with Gasteiger partial charge in [-0.2, -0.15) is 0 Å². The highest BCUT2D eigenvalue weighted by Crippen LogP contribution is 2.18. The average Bonchev–Trinajstić information content (AvgIpc) is 2.96. The molecule has 0 aliphatic carbocycles. The zero-order valence-electron chi connectivity index (χ0n) is 11.9. The van der Waals surface area contributed by atoms with E-state index in [1.54, 1.807) is 0 Å². The summed E-state index contributed by atoms with van der Waals surface area (Å²) in [7, 11) is 0. The minimum atomic E-state index is 0.524. The van der Waals surface area contributed by atoms with Gasteiger partial charge in [0.25, 0.3) is 0 Å². The van der Waals surface area contributed by atoms with Crippen molar-refractivity contribution in [3.05, 3.63) is 18.2 Å². The Morgan fingerprint density at radius 3 is 3.00 bits per heavy atom. The molecule has 1 aliphatic rings. The summed E-state index contributed by atoms with van der Waals surface area (Å²) in [6.07, 6.45) is 5.29. The summed E-state index contributed by atoms with van der Waals surface area (Å²) in [6, 6.07) is 0.524. The van der Waals surface area contributed by atoms with E-state index in [-0.39, 0.29) is 0 Å². The van der Waals surface area contributed by atoms with E-state index < -0.39 is 0 Å². The monoisotopic (exact) mass is 250 g/mol. The summed E-state index contributed by atoms with van der Waals surface area (Å²) in [5.74, 6) is 0.789. The number of hydrogen-bond donors (Lipinski definition) is 1. The number of aromatic nitrogens is 2. The van der Waals surface area contributed by atoms with Crippen LogP contribution in [-0.4, -0.2) is 40.1 Å². The van der Waals surface area contributed by atoms with E-state index in [1.807, 2.05) is 12.5 Å². The molecule has 1 N–H and O–H groups in total. The van der Waals surface area contributed by atoms with Crippen LogP contribution in [0.1, 0.15) is 32.9 Å². The van der Waals surface area contributed by atoms with E-state index in [1.165, 1.54) is 31.7 Å². The summed E-state index contributed by atoms with van der Waals surface area (Å²) in [4.78, 5) is 6.83. The van der Waals surface area contributed by atoms with Gasteiger partial charge in [-0.05, 0) is 25.4 Å². The lowest BCUT2D eigenvalue weighted by molar-refractivity contribution is 0.331. The maximum Gasteiger partial charge on any atom is 0.0948 e. The lowest BCUT2D eigenvalue weighted by Crippen LogP contribution is -2.25. The molecule has 0 amide bonds. The summed E-state index contributed by atoms with van der Waals surface area (Å²) in [5.41, 5.74) is 1.30. The number of nitrogens with zero attached hydrogens (tertiary/aromatic N) is 3. The second-order valence-electron chi connectivity index (χ2n) is 5.62. The number of rotatable bonds is 6. The molecule has 1 saturated heterocycles. The molecule has 0 saturated carbocycles. The van der Waals surface area contributed by atoms with Crippen molar-refractivity contribution < 1.29 is 0 Å². The Morgan fingerprint density at radius 1 is 1.50 bits per heavy atom. The van der Waals surface area contributed by atoms with Crippen molar-refractivity contribution in [2.24, 2.45) is 5.92 Å². The predicted octanol–water partition coefficient (Wildman–Crippen LogP) is 1.72. The second-order valence-corrected chi connectivity index (χ2v) is 5.62. The van der Waals surface area contributed by atoms with E-state index in [0.29, 0.717) is 6.04 Å². The average molecular weight is 250 g/mol. The SMILES string of the molecule is CCN1CCC(Cn2cncc2CNC(C)C)C1. The molecule has 1 aromatic heterocycles. The quantitative estimate of drug-likeness (QED) is 0.834. The highest BCUT2D eigenvalue weighted by Gasteiger charge is 2.21. The van der Waals surface area contributed by atoms with Crippen LogP contribution in [0, 0.1) is 5.92 Å². The number of nitrogens with one attached hydrogen (secondary N) is 1. The lowest BCUT2D eigenvalue weighted by atomic mass is 10.1. The van der Waals surface area contributed by atoms with Gasteiger partial charge >= 0.3 is 0 Å². The zero-order valence-corrected chi connectivity index (χ0v) is 11.9. The van der Waals surface area contributed by atoms with Gasteiger partial charge in [0.15, 0.2) is 0 Å². The van der Waals surface area contributed by atoms with E-state index in [2.05, 4.69) is 40.5 Å². The number of likely N-dealkylation sites (tertiary alicyclic amines) is 1. The summed E-state index contributed by atoms with van der Waals surface area (Å²) in [6.45, 7) is 12.3. The van der Waals surface area contributed by atoms with Gasteiger partial charge in [0.2, 0.25) is 0 Å². The van der Waals surface area contributed by atoms with E-state index in [4.69, 9.17) is 0 Å². The molecule has 2 heterocycles. The van der Waals surface area contributed by atoms with Crippen molar-refractivity contribution in [1.29, 1.82) is 0 Å². The molecule has 1 aliphatic heterocycles. The largest absolute Gasteiger partial charge is 0.333 e. The third-order valence-electron chi connectivity index (χ3n) is 3.76. The van der Waals surface area contributed by atoms with Crippen LogP contribution in [0.2, 0.25) is 0 Å². The van der Waals surface area contributed by atoms with Crippen molar-refractivity contribution in [1.82, 2.24) is 19.8 Å². The van der Waals surface area contributed by atoms with Crippen LogP contribution in [0.4, 0.5) is 0 Å². The molecule has 0 aromatic carbocycles. The van der Waals surface area contributed by atoms with Crippen LogP contribution < -0.4 is 5.32 Å². The molecule has 1 aromatic rings. The molecule has 0 radical (unpaired) electrons. The minimum absolute atomic E-state index is 0.524. The Hall–Kier alpha value is -0.870. The Morgan fingerprint density at radius 2 is 2.33 bits per heavy atom. The molecule has 1 unspecified atom stereocenters. The molecule has 102 valence electrons. The summed E-state index contributed by atoms with van der Waals surface area (Å²) < 4.78 is 2.32. The van der Waals surface area contributed by atoms with Crippen molar-refractivity contribution in [3.63, 3.8) is 0 Å². The second kappa shape index (κ2) is 6.34. The predicted molar refractivity (Wildman–Crippen MR) is 74.4 cm³/mol. The third-order valence-corrected chi connectivity index (χ3v) is 3.76. The standard InChI is InChI=1S/C14H26N4/c1-4-17-6-5-13(9-17)10-18-11-15-7-14(18)8-16-12(2)3/h7,11-13,16H,4-6,8-10H2,1-3H3. The lowest BCUT2D eigenvalue weighted by Gasteiger charge is -2.16. The van der Waals surface area contributed by atoms with Crippen LogP contribution in [0.25, 0.3) is 0 Å². The molecule has 18 heavy (non-hydrogen) atoms. The highest BCUT2D eigenvalue weighted by atomic mass is 15.2. The zero-order chi connectivity index (χ0) is 13.0. The van der Waals surface area contributed by atoms with Gasteiger partial charge in [-0.3, -0.25) is 0 Å². The van der Waals surface area contributed by atoms with Gasteiger partial charge in [0, 0.05) is 31.9 Å². The highest BCUT2D eigenvalue weighted by molar-refractivity contribution is 4.99. The van der Waals surface area contributed by atoms with Gasteiger partial charge in [-0.1, -0.05) is 20.8 Å². The topological polar surface area (TPSA) is 33.1 Å². The molecule has 2 rings (SSSR count). The Balaban J connectivity index is 1.87. The molecule has 1 fully saturated rings. The maximum atomic E-state index is 4.29. The molecule has 0 bridgehead atoms.